The lowest BCUT2D eigenvalue weighted by molar-refractivity contribution is 0.199. The summed E-state index contributed by atoms with van der Waals surface area (Å²) in [6.45, 7) is 4.60. The Morgan fingerprint density at radius 1 is 1.26 bits per heavy atom. The number of hydrogen-bond acceptors (Lipinski definition) is 4. The highest BCUT2D eigenvalue weighted by molar-refractivity contribution is 5.66. The van der Waals surface area contributed by atoms with Crippen molar-refractivity contribution in [3.05, 3.63) is 52.7 Å². The van der Waals surface area contributed by atoms with E-state index >= 15 is 0 Å². The minimum atomic E-state index is -0.798. The Kier molecular flexibility index (Phi) is 4.55. The molecule has 1 aromatic carbocycles. The number of benzene rings is 1. The normalized spacial score (nSPS) is 15.3. The summed E-state index contributed by atoms with van der Waals surface area (Å²) < 4.78 is 15.7. The van der Waals surface area contributed by atoms with E-state index in [9.17, 15) is 9.50 Å². The second kappa shape index (κ2) is 6.88. The van der Waals surface area contributed by atoms with Gasteiger partial charge in [-0.25, -0.2) is 4.39 Å². The molecule has 2 aromatic heterocycles. The van der Waals surface area contributed by atoms with Crippen LogP contribution < -0.4 is 0 Å². The number of aliphatic hydroxyl groups is 1. The number of nitrogens with zero attached hydrogens (tertiary/aromatic N) is 5. The molecule has 1 saturated carbocycles. The molecule has 0 bridgehead atoms. The Labute approximate surface area is 157 Å². The molecule has 0 spiro atoms. The van der Waals surface area contributed by atoms with Crippen molar-refractivity contribution in [1.82, 2.24) is 24.8 Å². The molecule has 0 unspecified atom stereocenters. The topological polar surface area (TPSA) is 68.8 Å². The molecule has 1 atom stereocenters. The van der Waals surface area contributed by atoms with Crippen LogP contribution in [0.25, 0.3) is 11.3 Å². The monoisotopic (exact) mass is 369 g/mol. The Morgan fingerprint density at radius 2 is 2.04 bits per heavy atom. The zero-order chi connectivity index (χ0) is 19.1. The largest absolute Gasteiger partial charge is 0.389 e. The summed E-state index contributed by atoms with van der Waals surface area (Å²) in [7, 11) is 1.77. The lowest BCUT2D eigenvalue weighted by Crippen LogP contribution is -2.00. The standard InChI is InChI=1S/C20H24FN5O/c1-12-15(11-26(22-12)10-14-4-5-14)8-19-20(24-25(3)23-19)17-7-6-16(21)9-18(17)13(2)27/h6-7,9,11,13-14,27H,4-5,8,10H2,1-3H3/t13-/m1/s1. The first kappa shape index (κ1) is 17.9. The van der Waals surface area contributed by atoms with Crippen molar-refractivity contribution >= 4 is 0 Å². The number of aryl methyl sites for hydroxylation is 2. The maximum atomic E-state index is 13.7. The predicted molar refractivity (Wildman–Crippen MR) is 99.5 cm³/mol. The van der Waals surface area contributed by atoms with Gasteiger partial charge in [0.05, 0.1) is 17.5 Å². The summed E-state index contributed by atoms with van der Waals surface area (Å²) in [5.41, 5.74) is 4.78. The van der Waals surface area contributed by atoms with E-state index in [4.69, 9.17) is 0 Å². The third-order valence-electron chi connectivity index (χ3n) is 5.05. The van der Waals surface area contributed by atoms with E-state index in [1.54, 1.807) is 20.0 Å². The first-order valence-corrected chi connectivity index (χ1v) is 9.31. The van der Waals surface area contributed by atoms with Crippen molar-refractivity contribution in [2.24, 2.45) is 13.0 Å². The van der Waals surface area contributed by atoms with Gasteiger partial charge in [0.2, 0.25) is 0 Å². The summed E-state index contributed by atoms with van der Waals surface area (Å²) in [5, 5.41) is 23.7. The third kappa shape index (κ3) is 3.78. The molecular weight excluding hydrogens is 345 g/mol. The summed E-state index contributed by atoms with van der Waals surface area (Å²) in [6, 6.07) is 4.41. The van der Waals surface area contributed by atoms with E-state index < -0.39 is 6.10 Å². The minimum absolute atomic E-state index is 0.378. The number of aliphatic hydroxyl groups excluding tert-OH is 1. The van der Waals surface area contributed by atoms with Crippen LogP contribution in [0.4, 0.5) is 4.39 Å². The Balaban J connectivity index is 1.69. The van der Waals surface area contributed by atoms with Gasteiger partial charge in [0.25, 0.3) is 0 Å². The number of hydrogen-bond donors (Lipinski definition) is 1. The van der Waals surface area contributed by atoms with Crippen LogP contribution in [0.5, 0.6) is 0 Å². The number of halogens is 1. The van der Waals surface area contributed by atoms with Crippen LogP contribution in [0.2, 0.25) is 0 Å². The lowest BCUT2D eigenvalue weighted by atomic mass is 9.97. The molecule has 7 heteroatoms. The molecular formula is C20H24FN5O. The fourth-order valence-corrected chi connectivity index (χ4v) is 3.44. The van der Waals surface area contributed by atoms with Gasteiger partial charge < -0.3 is 5.11 Å². The average Bonchev–Trinajstić information content (AvgIpc) is 3.25. The van der Waals surface area contributed by atoms with Crippen molar-refractivity contribution in [3.63, 3.8) is 0 Å². The van der Waals surface area contributed by atoms with Crippen molar-refractivity contribution in [2.75, 3.05) is 0 Å². The molecule has 2 heterocycles. The average molecular weight is 369 g/mol. The molecule has 0 aliphatic heterocycles. The van der Waals surface area contributed by atoms with Gasteiger partial charge in [0.15, 0.2) is 0 Å². The fraction of sp³-hybridized carbons (Fsp3) is 0.450. The number of rotatable bonds is 6. The molecule has 27 heavy (non-hydrogen) atoms. The van der Waals surface area contributed by atoms with Crippen LogP contribution in [-0.2, 0) is 20.0 Å². The molecule has 0 amide bonds. The molecule has 142 valence electrons. The van der Waals surface area contributed by atoms with Crippen molar-refractivity contribution < 1.29 is 9.50 Å². The highest BCUT2D eigenvalue weighted by Crippen LogP contribution is 2.32. The molecule has 1 N–H and O–H groups in total. The maximum Gasteiger partial charge on any atom is 0.123 e. The zero-order valence-electron chi connectivity index (χ0n) is 15.9. The highest BCUT2D eigenvalue weighted by Gasteiger charge is 2.23. The molecule has 4 rings (SSSR count). The molecule has 6 nitrogen and oxygen atoms in total. The molecule has 1 aliphatic carbocycles. The quantitative estimate of drug-likeness (QED) is 0.725. The summed E-state index contributed by atoms with van der Waals surface area (Å²) in [4.78, 5) is 1.52. The van der Waals surface area contributed by atoms with Crippen LogP contribution in [-0.4, -0.2) is 29.9 Å². The van der Waals surface area contributed by atoms with E-state index in [1.165, 1.54) is 29.8 Å². The molecule has 1 fully saturated rings. The molecule has 1 aliphatic rings. The fourth-order valence-electron chi connectivity index (χ4n) is 3.44. The van der Waals surface area contributed by atoms with Crippen molar-refractivity contribution in [3.8, 4) is 11.3 Å². The Hall–Kier alpha value is -2.54. The zero-order valence-corrected chi connectivity index (χ0v) is 15.9. The van der Waals surface area contributed by atoms with E-state index in [2.05, 4.69) is 21.5 Å². The van der Waals surface area contributed by atoms with E-state index in [0.717, 1.165) is 29.4 Å². The second-order valence-electron chi connectivity index (χ2n) is 7.47. The molecule has 0 saturated heterocycles. The first-order chi connectivity index (χ1) is 12.9. The smallest absolute Gasteiger partial charge is 0.123 e. The Bertz CT molecular complexity index is 971. The minimum Gasteiger partial charge on any atom is -0.389 e. The second-order valence-corrected chi connectivity index (χ2v) is 7.47. The van der Waals surface area contributed by atoms with Crippen LogP contribution in [0.15, 0.2) is 24.4 Å². The van der Waals surface area contributed by atoms with Gasteiger partial charge in [0, 0.05) is 31.8 Å². The number of aromatic nitrogens is 5. The van der Waals surface area contributed by atoms with E-state index in [0.29, 0.717) is 23.2 Å². The van der Waals surface area contributed by atoms with Gasteiger partial charge >= 0.3 is 0 Å². The first-order valence-electron chi connectivity index (χ1n) is 9.31. The van der Waals surface area contributed by atoms with Gasteiger partial charge in [0.1, 0.15) is 11.5 Å². The van der Waals surface area contributed by atoms with E-state index in [1.807, 2.05) is 11.6 Å². The van der Waals surface area contributed by atoms with Crippen LogP contribution >= 0.6 is 0 Å². The van der Waals surface area contributed by atoms with Crippen molar-refractivity contribution in [1.29, 1.82) is 0 Å². The molecule has 3 aromatic rings. The Morgan fingerprint density at radius 3 is 2.74 bits per heavy atom. The summed E-state index contributed by atoms with van der Waals surface area (Å²) in [5.74, 6) is 0.384. The summed E-state index contributed by atoms with van der Waals surface area (Å²) >= 11 is 0. The highest BCUT2D eigenvalue weighted by atomic mass is 19.1. The van der Waals surface area contributed by atoms with E-state index in [-0.39, 0.29) is 5.82 Å². The SMILES string of the molecule is Cc1nn(CC2CC2)cc1Cc1nn(C)nc1-c1ccc(F)cc1[C@@H](C)O. The van der Waals surface area contributed by atoms with Gasteiger partial charge in [-0.2, -0.15) is 20.1 Å². The van der Waals surface area contributed by atoms with Gasteiger partial charge in [-0.05, 0) is 61.9 Å². The maximum absolute atomic E-state index is 13.7. The molecule has 0 radical (unpaired) electrons. The van der Waals surface area contributed by atoms with Crippen LogP contribution in [0.1, 0.15) is 48.4 Å². The third-order valence-corrected chi connectivity index (χ3v) is 5.05. The van der Waals surface area contributed by atoms with Crippen molar-refractivity contribution in [2.45, 2.75) is 45.8 Å². The van der Waals surface area contributed by atoms with Crippen LogP contribution in [0.3, 0.4) is 0 Å². The van der Waals surface area contributed by atoms with Gasteiger partial charge in [-0.15, -0.1) is 0 Å². The van der Waals surface area contributed by atoms with Crippen LogP contribution in [0, 0.1) is 18.7 Å². The predicted octanol–water partition coefficient (Wildman–Crippen LogP) is 3.18. The summed E-state index contributed by atoms with van der Waals surface area (Å²) in [6.07, 6.45) is 4.46. The van der Waals surface area contributed by atoms with Gasteiger partial charge in [-0.3, -0.25) is 4.68 Å². The lowest BCUT2D eigenvalue weighted by Gasteiger charge is -2.11. The van der Waals surface area contributed by atoms with Gasteiger partial charge in [-0.1, -0.05) is 0 Å².